The molecule has 7 nitrogen and oxygen atoms in total. The first kappa shape index (κ1) is 27.2. The predicted octanol–water partition coefficient (Wildman–Crippen LogP) is 4.28. The first-order valence-corrected chi connectivity index (χ1v) is 13.2. The van der Waals surface area contributed by atoms with Crippen molar-refractivity contribution in [1.82, 2.24) is 14.9 Å². The van der Waals surface area contributed by atoms with E-state index in [1.54, 1.807) is 0 Å². The number of benzene rings is 2. The summed E-state index contributed by atoms with van der Waals surface area (Å²) < 4.78 is 6.06. The SMILES string of the molecule is C#CCOC(CNc1nc(Cc2ccccc2)nc2c1-c1ccc(C)cc1C2)CN1CCCCC1.O=C=O. The molecule has 38 heavy (non-hydrogen) atoms. The number of nitrogens with zero attached hydrogens (tertiary/aromatic N) is 3. The molecule has 0 saturated carbocycles. The molecular formula is C31H34N4O3. The molecule has 1 atom stereocenters. The van der Waals surface area contributed by atoms with Gasteiger partial charge in [-0.05, 0) is 49.5 Å². The largest absolute Gasteiger partial charge is 0.373 e. The number of rotatable bonds is 9. The monoisotopic (exact) mass is 510 g/mol. The Bertz CT molecular complexity index is 1290. The van der Waals surface area contributed by atoms with Crippen molar-refractivity contribution in [2.24, 2.45) is 0 Å². The zero-order valence-electron chi connectivity index (χ0n) is 21.9. The predicted molar refractivity (Wildman–Crippen MR) is 147 cm³/mol. The van der Waals surface area contributed by atoms with Gasteiger partial charge in [0.2, 0.25) is 0 Å². The molecule has 1 unspecified atom stereocenters. The third-order valence-electron chi connectivity index (χ3n) is 6.93. The molecular weight excluding hydrogens is 476 g/mol. The van der Waals surface area contributed by atoms with Crippen molar-refractivity contribution in [2.75, 3.05) is 38.1 Å². The van der Waals surface area contributed by atoms with E-state index in [-0.39, 0.29) is 12.3 Å². The molecule has 1 aliphatic heterocycles. The Balaban J connectivity index is 0.00000107. The maximum Gasteiger partial charge on any atom is 0.373 e. The maximum absolute atomic E-state index is 8.12. The van der Waals surface area contributed by atoms with Gasteiger partial charge in [-0.2, -0.15) is 9.59 Å². The van der Waals surface area contributed by atoms with Crippen LogP contribution in [0.1, 0.15) is 47.5 Å². The lowest BCUT2D eigenvalue weighted by molar-refractivity contribution is -0.191. The number of likely N-dealkylation sites (tertiary alicyclic amines) is 1. The highest BCUT2D eigenvalue weighted by atomic mass is 16.5. The Labute approximate surface area is 224 Å². The van der Waals surface area contributed by atoms with Crippen molar-refractivity contribution in [3.05, 3.63) is 76.7 Å². The molecule has 1 N–H and O–H groups in total. The van der Waals surface area contributed by atoms with Crippen molar-refractivity contribution >= 4 is 12.0 Å². The first-order chi connectivity index (χ1) is 18.6. The molecule has 3 aromatic rings. The second-order valence-corrected chi connectivity index (χ2v) is 9.77. The van der Waals surface area contributed by atoms with Gasteiger partial charge >= 0.3 is 6.15 Å². The molecule has 0 radical (unpaired) electrons. The summed E-state index contributed by atoms with van der Waals surface area (Å²) in [4.78, 5) is 28.8. The number of aromatic nitrogens is 2. The van der Waals surface area contributed by atoms with E-state index in [0.29, 0.717) is 19.6 Å². The first-order valence-electron chi connectivity index (χ1n) is 13.2. The van der Waals surface area contributed by atoms with Crippen LogP contribution in [-0.2, 0) is 27.2 Å². The Kier molecular flexibility index (Phi) is 9.77. The van der Waals surface area contributed by atoms with Gasteiger partial charge in [0, 0.05) is 31.5 Å². The minimum Gasteiger partial charge on any atom is -0.367 e. The summed E-state index contributed by atoms with van der Waals surface area (Å²) in [5.74, 6) is 4.38. The van der Waals surface area contributed by atoms with E-state index in [9.17, 15) is 0 Å². The summed E-state index contributed by atoms with van der Waals surface area (Å²) in [5.41, 5.74) is 7.27. The normalized spacial score (nSPS) is 14.7. The molecule has 1 aliphatic carbocycles. The van der Waals surface area contributed by atoms with Crippen LogP contribution in [0.5, 0.6) is 0 Å². The molecule has 7 heteroatoms. The van der Waals surface area contributed by atoms with Crippen molar-refractivity contribution in [1.29, 1.82) is 0 Å². The Morgan fingerprint density at radius 3 is 2.58 bits per heavy atom. The Hall–Kier alpha value is -3.82. The van der Waals surface area contributed by atoms with E-state index in [4.69, 9.17) is 30.7 Å². The highest BCUT2D eigenvalue weighted by Crippen LogP contribution is 2.40. The van der Waals surface area contributed by atoms with Gasteiger partial charge in [-0.3, -0.25) is 0 Å². The molecule has 2 aliphatic rings. The number of carbonyl (C=O) groups excluding carboxylic acids is 2. The van der Waals surface area contributed by atoms with Crippen LogP contribution in [0.3, 0.4) is 0 Å². The Morgan fingerprint density at radius 2 is 1.84 bits per heavy atom. The molecule has 2 heterocycles. The van der Waals surface area contributed by atoms with Crippen LogP contribution in [0.15, 0.2) is 48.5 Å². The van der Waals surface area contributed by atoms with E-state index >= 15 is 0 Å². The van der Waals surface area contributed by atoms with Crippen molar-refractivity contribution in [3.8, 4) is 23.5 Å². The summed E-state index contributed by atoms with van der Waals surface area (Å²) in [6.07, 6.45) is 11.2. The van der Waals surface area contributed by atoms with Gasteiger partial charge in [0.1, 0.15) is 18.2 Å². The number of piperidine rings is 1. The van der Waals surface area contributed by atoms with Crippen molar-refractivity contribution < 1.29 is 14.3 Å². The standard InChI is InChI=1S/C30H34N4O.CO2/c1-3-16-35-25(21-34-14-8-5-9-15-34)20-31-30-29-26-13-12-22(2)17-24(26)19-27(29)32-28(33-30)18-23-10-6-4-7-11-23;2-1-3/h1,4,6-7,10-13,17,25H,5,8-9,14-16,18-21H2,2H3,(H,31,32,33);. The summed E-state index contributed by atoms with van der Waals surface area (Å²) in [6, 6.07) is 17.1. The third kappa shape index (κ3) is 7.14. The lowest BCUT2D eigenvalue weighted by Crippen LogP contribution is -2.40. The fraction of sp³-hybridized carbons (Fsp3) is 0.387. The number of hydrogen-bond donors (Lipinski definition) is 1. The molecule has 1 aromatic heterocycles. The van der Waals surface area contributed by atoms with Gasteiger partial charge in [0.05, 0.1) is 11.8 Å². The average molecular weight is 511 g/mol. The zero-order chi connectivity index (χ0) is 26.7. The number of anilines is 1. The van der Waals surface area contributed by atoms with Crippen molar-refractivity contribution in [3.63, 3.8) is 0 Å². The molecule has 5 rings (SSSR count). The fourth-order valence-corrected chi connectivity index (χ4v) is 5.23. The smallest absolute Gasteiger partial charge is 0.367 e. The van der Waals surface area contributed by atoms with Crippen LogP contribution in [0, 0.1) is 19.3 Å². The lowest BCUT2D eigenvalue weighted by atomic mass is 10.0. The summed E-state index contributed by atoms with van der Waals surface area (Å²) in [7, 11) is 0. The summed E-state index contributed by atoms with van der Waals surface area (Å²) in [6.45, 7) is 6.27. The van der Waals surface area contributed by atoms with Crippen LogP contribution in [0.25, 0.3) is 11.1 Å². The number of hydrogen-bond acceptors (Lipinski definition) is 7. The van der Waals surface area contributed by atoms with E-state index in [1.165, 1.54) is 41.5 Å². The summed E-state index contributed by atoms with van der Waals surface area (Å²) >= 11 is 0. The summed E-state index contributed by atoms with van der Waals surface area (Å²) in [5, 5.41) is 3.65. The number of fused-ring (bicyclic) bond motifs is 3. The van der Waals surface area contributed by atoms with Crippen LogP contribution in [0.4, 0.5) is 5.82 Å². The van der Waals surface area contributed by atoms with Crippen LogP contribution < -0.4 is 5.32 Å². The molecule has 1 fully saturated rings. The van der Waals surface area contributed by atoms with E-state index in [1.807, 2.05) is 6.07 Å². The maximum atomic E-state index is 8.12. The van der Waals surface area contributed by atoms with E-state index in [2.05, 4.69) is 65.5 Å². The van der Waals surface area contributed by atoms with Crippen LogP contribution >= 0.6 is 0 Å². The minimum atomic E-state index is 0.00577. The molecule has 2 aromatic carbocycles. The molecule has 0 bridgehead atoms. The van der Waals surface area contributed by atoms with Gasteiger partial charge in [-0.15, -0.1) is 6.42 Å². The number of terminal acetylenes is 1. The molecule has 0 amide bonds. The highest BCUT2D eigenvalue weighted by Gasteiger charge is 2.26. The van der Waals surface area contributed by atoms with Gasteiger partial charge in [0.15, 0.2) is 0 Å². The fourth-order valence-electron chi connectivity index (χ4n) is 5.23. The number of nitrogens with one attached hydrogen (secondary N) is 1. The lowest BCUT2D eigenvalue weighted by Gasteiger charge is -2.30. The second-order valence-electron chi connectivity index (χ2n) is 9.77. The van der Waals surface area contributed by atoms with E-state index < -0.39 is 0 Å². The van der Waals surface area contributed by atoms with Gasteiger partial charge < -0.3 is 15.0 Å². The second kappa shape index (κ2) is 13.6. The van der Waals surface area contributed by atoms with Gasteiger partial charge in [-0.1, -0.05) is 66.4 Å². The molecule has 0 spiro atoms. The van der Waals surface area contributed by atoms with Gasteiger partial charge in [0.25, 0.3) is 0 Å². The molecule has 1 saturated heterocycles. The highest BCUT2D eigenvalue weighted by molar-refractivity contribution is 5.84. The van der Waals surface area contributed by atoms with Crippen molar-refractivity contribution in [2.45, 2.75) is 45.1 Å². The third-order valence-corrected chi connectivity index (χ3v) is 6.93. The van der Waals surface area contributed by atoms with E-state index in [0.717, 1.165) is 49.0 Å². The average Bonchev–Trinajstić information content (AvgIpc) is 3.29. The number of ether oxygens (including phenoxy) is 1. The van der Waals surface area contributed by atoms with Crippen LogP contribution in [-0.4, -0.2) is 59.9 Å². The number of aryl methyl sites for hydroxylation is 1. The van der Waals surface area contributed by atoms with Gasteiger partial charge in [-0.25, -0.2) is 9.97 Å². The zero-order valence-corrected chi connectivity index (χ0v) is 21.9. The van der Waals surface area contributed by atoms with Crippen LogP contribution in [0.2, 0.25) is 0 Å². The topological polar surface area (TPSA) is 84.4 Å². The minimum absolute atomic E-state index is 0.00577. The quantitative estimate of drug-likeness (QED) is 0.337. The Morgan fingerprint density at radius 1 is 1.08 bits per heavy atom. The molecule has 196 valence electrons.